The van der Waals surface area contributed by atoms with Crippen molar-refractivity contribution in [2.24, 2.45) is 0 Å². The minimum Gasteiger partial charge on any atom is -0.497 e. The highest BCUT2D eigenvalue weighted by Gasteiger charge is 2.11. The van der Waals surface area contributed by atoms with Crippen molar-refractivity contribution in [3.63, 3.8) is 0 Å². The minimum atomic E-state index is -0.358. The molecule has 106 valence electrons. The van der Waals surface area contributed by atoms with Gasteiger partial charge in [0.2, 0.25) is 0 Å². The molecule has 2 rings (SSSR count). The summed E-state index contributed by atoms with van der Waals surface area (Å²) in [5, 5.41) is 4.31. The number of hydrogen-bond donors (Lipinski definition) is 1. The highest BCUT2D eigenvalue weighted by Crippen LogP contribution is 2.23. The molecule has 0 saturated heterocycles. The Balaban J connectivity index is 2.19. The smallest absolute Gasteiger partial charge is 0.327 e. The average Bonchev–Trinajstić information content (AvgIpc) is 2.80. The first kappa shape index (κ1) is 13.9. The van der Waals surface area contributed by atoms with Gasteiger partial charge in [0, 0.05) is 11.6 Å². The summed E-state index contributed by atoms with van der Waals surface area (Å²) in [5.74, 6) is 0.833. The molecule has 0 unspecified atom stereocenters. The van der Waals surface area contributed by atoms with E-state index in [0.29, 0.717) is 18.1 Å². The zero-order chi connectivity index (χ0) is 14.5. The normalized spacial score (nSPS) is 10.3. The highest BCUT2D eigenvalue weighted by atomic mass is 16.5. The summed E-state index contributed by atoms with van der Waals surface area (Å²) < 4.78 is 11.4. The van der Waals surface area contributed by atoms with Crippen LogP contribution in [0.2, 0.25) is 0 Å². The van der Waals surface area contributed by atoms with Gasteiger partial charge in [-0.1, -0.05) is 0 Å². The lowest BCUT2D eigenvalue weighted by molar-refractivity contribution is -0.143. The molecule has 6 heteroatoms. The lowest BCUT2D eigenvalue weighted by Gasteiger charge is -2.03. The van der Waals surface area contributed by atoms with Crippen molar-refractivity contribution in [1.82, 2.24) is 9.78 Å². The second kappa shape index (κ2) is 6.10. The fourth-order valence-corrected chi connectivity index (χ4v) is 1.79. The average molecular weight is 275 g/mol. The lowest BCUT2D eigenvalue weighted by atomic mass is 10.1. The van der Waals surface area contributed by atoms with Crippen LogP contribution in [0.1, 0.15) is 6.92 Å². The van der Waals surface area contributed by atoms with Gasteiger partial charge in [0.1, 0.15) is 18.1 Å². The van der Waals surface area contributed by atoms with E-state index in [-0.39, 0.29) is 12.5 Å². The first-order chi connectivity index (χ1) is 9.63. The fraction of sp³-hybridized carbons (Fsp3) is 0.286. The number of esters is 1. The number of methoxy groups -OCH3 is 1. The summed E-state index contributed by atoms with van der Waals surface area (Å²) in [6.07, 6.45) is 0. The van der Waals surface area contributed by atoms with Gasteiger partial charge in [0.25, 0.3) is 0 Å². The maximum Gasteiger partial charge on any atom is 0.327 e. The van der Waals surface area contributed by atoms with E-state index >= 15 is 0 Å². The quantitative estimate of drug-likeness (QED) is 0.840. The zero-order valence-electron chi connectivity index (χ0n) is 11.5. The fourth-order valence-electron chi connectivity index (χ4n) is 1.79. The standard InChI is InChI=1S/C14H17N3O3/c1-3-20-14(18)9-17-13(15)8-12(16-17)10-4-6-11(19-2)7-5-10/h4-8H,3,9,15H2,1-2H3. The number of ether oxygens (including phenoxy) is 2. The monoisotopic (exact) mass is 275 g/mol. The SMILES string of the molecule is CCOC(=O)Cn1nc(-c2ccc(OC)cc2)cc1N. The summed E-state index contributed by atoms with van der Waals surface area (Å²) in [4.78, 5) is 11.4. The summed E-state index contributed by atoms with van der Waals surface area (Å²) in [7, 11) is 1.61. The number of carbonyl (C=O) groups excluding carboxylic acids is 1. The summed E-state index contributed by atoms with van der Waals surface area (Å²) in [6.45, 7) is 2.11. The van der Waals surface area contributed by atoms with E-state index in [1.54, 1.807) is 20.1 Å². The van der Waals surface area contributed by atoms with E-state index in [1.807, 2.05) is 24.3 Å². The molecule has 0 amide bonds. The Morgan fingerprint density at radius 3 is 2.65 bits per heavy atom. The molecule has 1 aromatic heterocycles. The number of anilines is 1. The van der Waals surface area contributed by atoms with Gasteiger partial charge in [-0.2, -0.15) is 5.10 Å². The Morgan fingerprint density at radius 1 is 1.35 bits per heavy atom. The van der Waals surface area contributed by atoms with E-state index in [0.717, 1.165) is 11.3 Å². The molecule has 1 aromatic carbocycles. The third-order valence-corrected chi connectivity index (χ3v) is 2.78. The third kappa shape index (κ3) is 3.09. The number of rotatable bonds is 5. The van der Waals surface area contributed by atoms with Gasteiger partial charge in [-0.15, -0.1) is 0 Å². The molecule has 0 bridgehead atoms. The summed E-state index contributed by atoms with van der Waals surface area (Å²) >= 11 is 0. The van der Waals surface area contributed by atoms with Gasteiger partial charge >= 0.3 is 5.97 Å². The molecule has 1 heterocycles. The number of benzene rings is 1. The van der Waals surface area contributed by atoms with Crippen molar-refractivity contribution in [1.29, 1.82) is 0 Å². The minimum absolute atomic E-state index is 0.00975. The van der Waals surface area contributed by atoms with Gasteiger partial charge < -0.3 is 15.2 Å². The van der Waals surface area contributed by atoms with Crippen LogP contribution in [0.5, 0.6) is 5.75 Å². The number of nitrogens with zero attached hydrogens (tertiary/aromatic N) is 2. The Labute approximate surface area is 117 Å². The second-order valence-electron chi connectivity index (χ2n) is 4.15. The van der Waals surface area contributed by atoms with E-state index in [1.165, 1.54) is 4.68 Å². The molecule has 0 aliphatic heterocycles. The van der Waals surface area contributed by atoms with Gasteiger partial charge in [-0.05, 0) is 31.2 Å². The molecule has 6 nitrogen and oxygen atoms in total. The molecule has 0 saturated carbocycles. The van der Waals surface area contributed by atoms with Crippen molar-refractivity contribution in [3.8, 4) is 17.0 Å². The van der Waals surface area contributed by atoms with Crippen molar-refractivity contribution < 1.29 is 14.3 Å². The topological polar surface area (TPSA) is 79.4 Å². The van der Waals surface area contributed by atoms with E-state index in [4.69, 9.17) is 15.2 Å². The molecule has 2 aromatic rings. The first-order valence-corrected chi connectivity index (χ1v) is 6.27. The number of aromatic nitrogens is 2. The largest absolute Gasteiger partial charge is 0.497 e. The van der Waals surface area contributed by atoms with Crippen LogP contribution < -0.4 is 10.5 Å². The second-order valence-corrected chi connectivity index (χ2v) is 4.15. The van der Waals surface area contributed by atoms with E-state index in [9.17, 15) is 4.79 Å². The molecule has 0 fully saturated rings. The van der Waals surface area contributed by atoms with Crippen LogP contribution >= 0.6 is 0 Å². The Hall–Kier alpha value is -2.50. The predicted molar refractivity (Wildman–Crippen MR) is 75.3 cm³/mol. The van der Waals surface area contributed by atoms with Crippen molar-refractivity contribution in [2.75, 3.05) is 19.5 Å². The van der Waals surface area contributed by atoms with Gasteiger partial charge in [0.05, 0.1) is 19.4 Å². The maximum atomic E-state index is 11.4. The van der Waals surface area contributed by atoms with Gasteiger partial charge in [0.15, 0.2) is 0 Å². The van der Waals surface area contributed by atoms with Crippen LogP contribution in [-0.4, -0.2) is 29.5 Å². The highest BCUT2D eigenvalue weighted by molar-refractivity contribution is 5.70. The molecular formula is C14H17N3O3. The summed E-state index contributed by atoms with van der Waals surface area (Å²) in [6, 6.07) is 9.18. The molecule has 0 radical (unpaired) electrons. The van der Waals surface area contributed by atoms with Crippen LogP contribution in [0.4, 0.5) is 5.82 Å². The molecule has 0 aliphatic carbocycles. The van der Waals surface area contributed by atoms with Crippen molar-refractivity contribution >= 4 is 11.8 Å². The van der Waals surface area contributed by atoms with Crippen LogP contribution in [0.15, 0.2) is 30.3 Å². The number of nitrogens with two attached hydrogens (primary N) is 1. The van der Waals surface area contributed by atoms with Crippen molar-refractivity contribution in [3.05, 3.63) is 30.3 Å². The summed E-state index contributed by atoms with van der Waals surface area (Å²) in [5.41, 5.74) is 7.45. The molecule has 0 aliphatic rings. The molecule has 20 heavy (non-hydrogen) atoms. The number of nitrogen functional groups attached to an aromatic ring is 1. The van der Waals surface area contributed by atoms with Crippen LogP contribution in [0.3, 0.4) is 0 Å². The maximum absolute atomic E-state index is 11.4. The predicted octanol–water partition coefficient (Wildman–Crippen LogP) is 1.70. The van der Waals surface area contributed by atoms with Gasteiger partial charge in [-0.3, -0.25) is 4.79 Å². The van der Waals surface area contributed by atoms with E-state index < -0.39 is 0 Å². The lowest BCUT2D eigenvalue weighted by Crippen LogP contribution is -2.16. The Morgan fingerprint density at radius 2 is 2.05 bits per heavy atom. The molecule has 2 N–H and O–H groups in total. The Bertz CT molecular complexity index is 590. The third-order valence-electron chi connectivity index (χ3n) is 2.78. The van der Waals surface area contributed by atoms with Crippen LogP contribution in [-0.2, 0) is 16.1 Å². The van der Waals surface area contributed by atoms with Gasteiger partial charge in [-0.25, -0.2) is 4.68 Å². The van der Waals surface area contributed by atoms with Crippen LogP contribution in [0.25, 0.3) is 11.3 Å². The zero-order valence-corrected chi connectivity index (χ0v) is 11.5. The van der Waals surface area contributed by atoms with Crippen LogP contribution in [0, 0.1) is 0 Å². The Kier molecular flexibility index (Phi) is 4.24. The number of carbonyl (C=O) groups is 1. The molecular weight excluding hydrogens is 258 g/mol. The molecule has 0 spiro atoms. The molecule has 0 atom stereocenters. The first-order valence-electron chi connectivity index (χ1n) is 6.27. The van der Waals surface area contributed by atoms with E-state index in [2.05, 4.69) is 5.10 Å². The number of hydrogen-bond acceptors (Lipinski definition) is 5. The van der Waals surface area contributed by atoms with Crippen molar-refractivity contribution in [2.45, 2.75) is 13.5 Å².